The van der Waals surface area contributed by atoms with Crippen molar-refractivity contribution in [2.45, 2.75) is 31.2 Å². The molecule has 1 fully saturated rings. The number of nitriles is 1. The van der Waals surface area contributed by atoms with Crippen LogP contribution in [0.25, 0.3) is 22.2 Å². The van der Waals surface area contributed by atoms with E-state index >= 15 is 4.39 Å². The summed E-state index contributed by atoms with van der Waals surface area (Å²) in [6.07, 6.45) is 2.80. The number of nitrogens with one attached hydrogen (secondary N) is 2. The lowest BCUT2D eigenvalue weighted by Gasteiger charge is -2.26. The van der Waals surface area contributed by atoms with Crippen molar-refractivity contribution < 1.29 is 18.3 Å². The molecule has 3 heterocycles. The average molecular weight is 454 g/mol. The molecule has 11 heteroatoms. The standard InChI is InChI=1S/C22H23FN6O4/c1-22(23,18(9-24)28-19(30)17-12-25-6-3-7-32-17)20-26-10-14(11-27-20)13-4-5-16-15(8-13)29(2)21(31)33-16/h4-5,8,10-11,17-18,25H,3,6-7,12H2,1-2H3,(H,28,30)/t17-,18?,22?/m0/s1. The van der Waals surface area contributed by atoms with Crippen LogP contribution in [-0.2, 0) is 22.2 Å². The van der Waals surface area contributed by atoms with E-state index in [1.54, 1.807) is 31.3 Å². The average Bonchev–Trinajstić information content (AvgIpc) is 3.00. The number of aryl methyl sites for hydroxylation is 1. The highest BCUT2D eigenvalue weighted by Crippen LogP contribution is 2.28. The Morgan fingerprint density at radius 1 is 1.39 bits per heavy atom. The van der Waals surface area contributed by atoms with Gasteiger partial charge in [-0.15, -0.1) is 0 Å². The Morgan fingerprint density at radius 3 is 2.88 bits per heavy atom. The van der Waals surface area contributed by atoms with Gasteiger partial charge in [-0.1, -0.05) is 6.07 Å². The van der Waals surface area contributed by atoms with Crippen LogP contribution in [0.15, 0.2) is 39.8 Å². The van der Waals surface area contributed by atoms with E-state index in [0.717, 1.165) is 19.9 Å². The Kier molecular flexibility index (Phi) is 6.22. The number of rotatable bonds is 5. The lowest BCUT2D eigenvalue weighted by Crippen LogP contribution is -2.51. The molecule has 172 valence electrons. The van der Waals surface area contributed by atoms with Crippen LogP contribution in [-0.4, -0.2) is 52.3 Å². The summed E-state index contributed by atoms with van der Waals surface area (Å²) < 4.78 is 27.6. The minimum Gasteiger partial charge on any atom is -0.408 e. The highest BCUT2D eigenvalue weighted by molar-refractivity contribution is 5.82. The molecule has 1 aliphatic rings. The van der Waals surface area contributed by atoms with E-state index in [2.05, 4.69) is 20.6 Å². The Hall–Kier alpha value is -3.62. The van der Waals surface area contributed by atoms with Crippen molar-refractivity contribution in [3.05, 3.63) is 47.0 Å². The summed E-state index contributed by atoms with van der Waals surface area (Å²) in [5.41, 5.74) is -0.0193. The molecule has 1 aromatic carbocycles. The summed E-state index contributed by atoms with van der Waals surface area (Å²) in [5, 5.41) is 15.0. The van der Waals surface area contributed by atoms with E-state index < -0.39 is 29.5 Å². The second-order valence-corrected chi connectivity index (χ2v) is 7.97. The Balaban J connectivity index is 1.54. The number of hydrogen-bond acceptors (Lipinski definition) is 8. The molecule has 0 radical (unpaired) electrons. The van der Waals surface area contributed by atoms with E-state index in [0.29, 0.717) is 28.8 Å². The molecule has 1 amide bonds. The third-order valence-corrected chi connectivity index (χ3v) is 5.61. The summed E-state index contributed by atoms with van der Waals surface area (Å²) in [7, 11) is 1.60. The number of carbonyl (C=O) groups is 1. The van der Waals surface area contributed by atoms with Crippen LogP contribution in [0.5, 0.6) is 0 Å². The van der Waals surface area contributed by atoms with E-state index in [9.17, 15) is 14.9 Å². The third-order valence-electron chi connectivity index (χ3n) is 5.61. The predicted molar refractivity (Wildman–Crippen MR) is 116 cm³/mol. The summed E-state index contributed by atoms with van der Waals surface area (Å²) in [6, 6.07) is 5.41. The topological polar surface area (TPSA) is 135 Å². The van der Waals surface area contributed by atoms with Gasteiger partial charge < -0.3 is 19.8 Å². The quantitative estimate of drug-likeness (QED) is 0.586. The van der Waals surface area contributed by atoms with Crippen LogP contribution in [0.1, 0.15) is 19.2 Å². The monoisotopic (exact) mass is 454 g/mol. The van der Waals surface area contributed by atoms with Crippen molar-refractivity contribution in [2.75, 3.05) is 19.7 Å². The molecule has 2 aromatic heterocycles. The second kappa shape index (κ2) is 9.09. The van der Waals surface area contributed by atoms with Gasteiger partial charge in [-0.2, -0.15) is 5.26 Å². The molecule has 10 nitrogen and oxygen atoms in total. The van der Waals surface area contributed by atoms with Crippen LogP contribution >= 0.6 is 0 Å². The number of alkyl halides is 1. The molecule has 0 aliphatic carbocycles. The molecular formula is C22H23FN6O4. The van der Waals surface area contributed by atoms with Crippen molar-refractivity contribution in [3.63, 3.8) is 0 Å². The van der Waals surface area contributed by atoms with Gasteiger partial charge in [-0.25, -0.2) is 19.2 Å². The van der Waals surface area contributed by atoms with Gasteiger partial charge in [0.05, 0.1) is 11.6 Å². The zero-order chi connectivity index (χ0) is 23.6. The molecule has 33 heavy (non-hydrogen) atoms. The number of halogens is 1. The van der Waals surface area contributed by atoms with Gasteiger partial charge in [-0.3, -0.25) is 9.36 Å². The first-order valence-corrected chi connectivity index (χ1v) is 10.4. The van der Waals surface area contributed by atoms with Crippen molar-refractivity contribution in [3.8, 4) is 17.2 Å². The molecule has 0 saturated carbocycles. The Labute approximate surface area is 188 Å². The van der Waals surface area contributed by atoms with E-state index in [4.69, 9.17) is 9.15 Å². The Bertz CT molecular complexity index is 1250. The van der Waals surface area contributed by atoms with Gasteiger partial charge in [0.15, 0.2) is 17.4 Å². The molecule has 0 spiro atoms. The number of fused-ring (bicyclic) bond motifs is 1. The number of hydrogen-bond donors (Lipinski definition) is 2. The highest BCUT2D eigenvalue weighted by atomic mass is 19.1. The lowest BCUT2D eigenvalue weighted by atomic mass is 9.97. The van der Waals surface area contributed by atoms with Crippen LogP contribution in [0, 0.1) is 11.3 Å². The summed E-state index contributed by atoms with van der Waals surface area (Å²) in [5.74, 6) is -1.29. The maximum Gasteiger partial charge on any atom is 0.419 e. The SMILES string of the molecule is Cn1c(=O)oc2ccc(-c3cnc(C(C)(F)C(C#N)NC(=O)[C@@H]4CNCCCO4)nc3)cc21. The first kappa shape index (κ1) is 22.6. The molecule has 2 N–H and O–H groups in total. The van der Waals surface area contributed by atoms with Crippen molar-refractivity contribution >= 4 is 17.0 Å². The molecule has 1 aliphatic heterocycles. The molecule has 0 bridgehead atoms. The molecule has 2 unspecified atom stereocenters. The summed E-state index contributed by atoms with van der Waals surface area (Å²) >= 11 is 0. The number of carbonyl (C=O) groups excluding carboxylic acids is 1. The van der Waals surface area contributed by atoms with E-state index in [1.807, 2.05) is 0 Å². The van der Waals surface area contributed by atoms with Gasteiger partial charge in [0.2, 0.25) is 5.67 Å². The molecule has 3 aromatic rings. The van der Waals surface area contributed by atoms with Gasteiger partial charge in [-0.05, 0) is 37.6 Å². The summed E-state index contributed by atoms with van der Waals surface area (Å²) in [4.78, 5) is 32.4. The first-order chi connectivity index (χ1) is 15.8. The largest absolute Gasteiger partial charge is 0.419 e. The van der Waals surface area contributed by atoms with Gasteiger partial charge in [0.1, 0.15) is 6.10 Å². The molecule has 1 saturated heterocycles. The first-order valence-electron chi connectivity index (χ1n) is 10.4. The number of aromatic nitrogens is 3. The number of benzene rings is 1. The van der Waals surface area contributed by atoms with Gasteiger partial charge in [0.25, 0.3) is 5.91 Å². The van der Waals surface area contributed by atoms with Crippen LogP contribution < -0.4 is 16.4 Å². The zero-order valence-corrected chi connectivity index (χ0v) is 18.2. The Morgan fingerprint density at radius 2 is 2.15 bits per heavy atom. The van der Waals surface area contributed by atoms with E-state index in [-0.39, 0.29) is 12.4 Å². The van der Waals surface area contributed by atoms with Crippen LogP contribution in [0.4, 0.5) is 4.39 Å². The number of oxazole rings is 1. The fourth-order valence-corrected chi connectivity index (χ4v) is 3.57. The van der Waals surface area contributed by atoms with Gasteiger partial charge >= 0.3 is 5.76 Å². The smallest absolute Gasteiger partial charge is 0.408 e. The normalized spacial score (nSPS) is 19.3. The zero-order valence-electron chi connectivity index (χ0n) is 18.2. The maximum absolute atomic E-state index is 15.6. The van der Waals surface area contributed by atoms with Crippen molar-refractivity contribution in [1.82, 2.24) is 25.2 Å². The van der Waals surface area contributed by atoms with Crippen LogP contribution in [0.2, 0.25) is 0 Å². The molecule has 4 rings (SSSR count). The fourth-order valence-electron chi connectivity index (χ4n) is 3.57. The van der Waals surface area contributed by atoms with Crippen molar-refractivity contribution in [1.29, 1.82) is 5.26 Å². The molecule has 3 atom stereocenters. The number of nitrogens with zero attached hydrogens (tertiary/aromatic N) is 4. The predicted octanol–water partition coefficient (Wildman–Crippen LogP) is 1.16. The lowest BCUT2D eigenvalue weighted by molar-refractivity contribution is -0.133. The van der Waals surface area contributed by atoms with E-state index in [1.165, 1.54) is 17.0 Å². The fraction of sp³-hybridized carbons (Fsp3) is 0.409. The number of amides is 1. The van der Waals surface area contributed by atoms with Gasteiger partial charge in [0, 0.05) is 38.2 Å². The minimum absolute atomic E-state index is 0.241. The molecular weight excluding hydrogens is 431 g/mol. The third kappa shape index (κ3) is 4.48. The second-order valence-electron chi connectivity index (χ2n) is 7.97. The maximum atomic E-state index is 15.6. The van der Waals surface area contributed by atoms with Crippen LogP contribution in [0.3, 0.4) is 0 Å². The summed E-state index contributed by atoms with van der Waals surface area (Å²) in [6.45, 7) is 2.55. The van der Waals surface area contributed by atoms with Crippen molar-refractivity contribution in [2.24, 2.45) is 7.05 Å². The highest BCUT2D eigenvalue weighted by Gasteiger charge is 2.41. The number of ether oxygens (including phenoxy) is 1. The minimum atomic E-state index is -2.35.